The number of hydrogen-bond donors (Lipinski definition) is 0. The molecule has 0 unspecified atom stereocenters. The number of aromatic nitrogens is 2. The molecule has 1 atom stereocenters. The molecule has 158 valence electrons. The van der Waals surface area contributed by atoms with Crippen molar-refractivity contribution in [3.05, 3.63) is 87.0 Å². The van der Waals surface area contributed by atoms with Crippen LogP contribution in [-0.2, 0) is 23.5 Å². The van der Waals surface area contributed by atoms with Crippen LogP contribution in [0.3, 0.4) is 0 Å². The quantitative estimate of drug-likeness (QED) is 0.284. The minimum Gasteiger partial charge on any atom is -0.372 e. The van der Waals surface area contributed by atoms with E-state index in [2.05, 4.69) is 26.0 Å². The van der Waals surface area contributed by atoms with E-state index in [9.17, 15) is 4.79 Å². The van der Waals surface area contributed by atoms with Crippen LogP contribution in [0.4, 0.5) is 0 Å². The number of thiophene rings is 1. The van der Waals surface area contributed by atoms with Gasteiger partial charge >= 0.3 is 0 Å². The molecule has 2 aromatic heterocycles. The highest BCUT2D eigenvalue weighted by Crippen LogP contribution is 2.36. The first-order valence-electron chi connectivity index (χ1n) is 10.5. The lowest BCUT2D eigenvalue weighted by Gasteiger charge is -2.26. The number of benzene rings is 2. The van der Waals surface area contributed by atoms with Gasteiger partial charge in [0.25, 0.3) is 5.56 Å². The Kier molecular flexibility index (Phi) is 5.69. The highest BCUT2D eigenvalue weighted by Gasteiger charge is 2.28. The third kappa shape index (κ3) is 3.95. The molecule has 0 N–H and O–H groups in total. The van der Waals surface area contributed by atoms with E-state index in [-0.39, 0.29) is 11.7 Å². The molecule has 4 nitrogen and oxygen atoms in total. The molecule has 1 aliphatic heterocycles. The first-order valence-corrected chi connectivity index (χ1v) is 12.3. The molecule has 0 amide bonds. The van der Waals surface area contributed by atoms with Crippen LogP contribution < -0.4 is 5.56 Å². The minimum atomic E-state index is 0.0219. The Hall–Kier alpha value is -2.41. The minimum absolute atomic E-state index is 0.0219. The summed E-state index contributed by atoms with van der Waals surface area (Å²) in [7, 11) is 0. The van der Waals surface area contributed by atoms with E-state index < -0.39 is 0 Å². The number of fused-ring (bicyclic) bond motifs is 3. The van der Waals surface area contributed by atoms with Crippen LogP contribution >= 0.6 is 23.1 Å². The monoisotopic (exact) mass is 448 g/mol. The van der Waals surface area contributed by atoms with Crippen molar-refractivity contribution in [3.63, 3.8) is 0 Å². The summed E-state index contributed by atoms with van der Waals surface area (Å²) >= 11 is 3.21. The van der Waals surface area contributed by atoms with Crippen molar-refractivity contribution in [1.82, 2.24) is 9.55 Å². The molecule has 6 heteroatoms. The topological polar surface area (TPSA) is 44.1 Å². The molecule has 0 saturated carbocycles. The van der Waals surface area contributed by atoms with Crippen LogP contribution in [-0.4, -0.2) is 15.7 Å². The lowest BCUT2D eigenvalue weighted by atomic mass is 9.96. The summed E-state index contributed by atoms with van der Waals surface area (Å²) in [6.45, 7) is 4.91. The third-order valence-corrected chi connectivity index (χ3v) is 7.79. The fourth-order valence-corrected chi connectivity index (χ4v) is 6.09. The van der Waals surface area contributed by atoms with Crippen molar-refractivity contribution >= 4 is 33.3 Å². The van der Waals surface area contributed by atoms with Gasteiger partial charge in [0.05, 0.1) is 23.8 Å². The summed E-state index contributed by atoms with van der Waals surface area (Å²) in [5.41, 5.74) is 3.21. The van der Waals surface area contributed by atoms with Gasteiger partial charge in [0.15, 0.2) is 5.16 Å². The zero-order valence-corrected chi connectivity index (χ0v) is 19.2. The number of rotatable bonds is 5. The van der Waals surface area contributed by atoms with Crippen molar-refractivity contribution in [1.29, 1.82) is 0 Å². The van der Waals surface area contributed by atoms with Crippen LogP contribution in [0.5, 0.6) is 0 Å². The predicted molar refractivity (Wildman–Crippen MR) is 128 cm³/mol. The van der Waals surface area contributed by atoms with Gasteiger partial charge in [0.2, 0.25) is 0 Å². The maximum Gasteiger partial charge on any atom is 0.267 e. The Morgan fingerprint density at radius 3 is 2.55 bits per heavy atom. The number of thioether (sulfide) groups is 1. The number of ether oxygens (including phenoxy) is 1. The third-order valence-electron chi connectivity index (χ3n) is 5.68. The first-order chi connectivity index (χ1) is 15.1. The van der Waals surface area contributed by atoms with Gasteiger partial charge in [-0.15, -0.1) is 11.3 Å². The molecule has 0 aliphatic carbocycles. The average Bonchev–Trinajstić information content (AvgIpc) is 3.17. The molecule has 3 heterocycles. The Labute approximate surface area is 189 Å². The second-order valence-electron chi connectivity index (χ2n) is 8.13. The zero-order chi connectivity index (χ0) is 21.4. The molecular weight excluding hydrogens is 424 g/mol. The summed E-state index contributed by atoms with van der Waals surface area (Å²) in [6.07, 6.45) is 0.914. The summed E-state index contributed by atoms with van der Waals surface area (Å²) in [5.74, 6) is 1.17. The molecule has 0 bridgehead atoms. The highest BCUT2D eigenvalue weighted by molar-refractivity contribution is 7.98. The summed E-state index contributed by atoms with van der Waals surface area (Å²) < 4.78 is 7.83. The average molecular weight is 449 g/mol. The Morgan fingerprint density at radius 2 is 1.84 bits per heavy atom. The Morgan fingerprint density at radius 1 is 1.13 bits per heavy atom. The van der Waals surface area contributed by atoms with Gasteiger partial charge in [-0.1, -0.05) is 74.1 Å². The van der Waals surface area contributed by atoms with E-state index >= 15 is 0 Å². The van der Waals surface area contributed by atoms with Gasteiger partial charge in [-0.25, -0.2) is 4.98 Å². The summed E-state index contributed by atoms with van der Waals surface area (Å²) in [6, 6.07) is 20.1. The lowest BCUT2D eigenvalue weighted by Crippen LogP contribution is -2.28. The number of para-hydroxylation sites is 1. The second kappa shape index (κ2) is 8.61. The summed E-state index contributed by atoms with van der Waals surface area (Å²) in [4.78, 5) is 20.8. The standard InChI is InChI=1S/C25H24N2O2S2/c1-16(2)20-13-19-21(14-29-20)31-23-22(19)24(28)27(18-11-7-4-8-12-18)25(26-23)30-15-17-9-5-3-6-10-17/h3-12,16,20H,13-15H2,1-2H3/t20-/m0/s1. The molecule has 0 saturated heterocycles. The van der Waals surface area contributed by atoms with Gasteiger partial charge in [-0.2, -0.15) is 0 Å². The van der Waals surface area contributed by atoms with Crippen molar-refractivity contribution in [3.8, 4) is 5.69 Å². The maximum absolute atomic E-state index is 13.8. The van der Waals surface area contributed by atoms with Crippen molar-refractivity contribution < 1.29 is 4.74 Å². The van der Waals surface area contributed by atoms with Gasteiger partial charge in [-0.3, -0.25) is 9.36 Å². The van der Waals surface area contributed by atoms with Crippen molar-refractivity contribution in [2.45, 2.75) is 43.9 Å². The largest absolute Gasteiger partial charge is 0.372 e. The zero-order valence-electron chi connectivity index (χ0n) is 17.6. The summed E-state index contributed by atoms with van der Waals surface area (Å²) in [5, 5.41) is 1.49. The molecule has 0 fully saturated rings. The normalized spacial score (nSPS) is 16.0. The molecule has 1 aliphatic rings. The van der Waals surface area contributed by atoms with E-state index in [1.54, 1.807) is 27.7 Å². The molecule has 5 rings (SSSR count). The van der Waals surface area contributed by atoms with Crippen LogP contribution in [0, 0.1) is 5.92 Å². The van der Waals surface area contributed by atoms with Gasteiger partial charge in [-0.05, 0) is 29.2 Å². The first kappa shape index (κ1) is 20.5. The highest BCUT2D eigenvalue weighted by atomic mass is 32.2. The molecule has 4 aromatic rings. The fourth-order valence-electron chi connectivity index (χ4n) is 3.96. The number of hydrogen-bond acceptors (Lipinski definition) is 5. The van der Waals surface area contributed by atoms with Crippen LogP contribution in [0.2, 0.25) is 0 Å². The Balaban J connectivity index is 1.65. The molecule has 0 spiro atoms. The van der Waals surface area contributed by atoms with E-state index in [0.717, 1.165) is 43.7 Å². The van der Waals surface area contributed by atoms with E-state index in [4.69, 9.17) is 9.72 Å². The van der Waals surface area contributed by atoms with E-state index in [1.165, 1.54) is 5.56 Å². The predicted octanol–water partition coefficient (Wildman–Crippen LogP) is 5.84. The second-order valence-corrected chi connectivity index (χ2v) is 10.2. The molecule has 31 heavy (non-hydrogen) atoms. The van der Waals surface area contributed by atoms with E-state index in [1.807, 2.05) is 48.5 Å². The number of nitrogens with zero attached hydrogens (tertiary/aromatic N) is 2. The molecular formula is C25H24N2O2S2. The lowest BCUT2D eigenvalue weighted by molar-refractivity contribution is 0.00200. The van der Waals surface area contributed by atoms with Crippen molar-refractivity contribution in [2.24, 2.45) is 5.92 Å². The SMILES string of the molecule is CC(C)[C@@H]1Cc2c(sc3nc(SCc4ccccc4)n(-c4ccccc4)c(=O)c23)CO1. The molecule has 2 aromatic carbocycles. The molecule has 0 radical (unpaired) electrons. The van der Waals surface area contributed by atoms with Gasteiger partial charge < -0.3 is 4.74 Å². The van der Waals surface area contributed by atoms with Gasteiger partial charge in [0, 0.05) is 17.1 Å². The van der Waals surface area contributed by atoms with Gasteiger partial charge in [0.1, 0.15) is 4.83 Å². The Bertz CT molecular complexity index is 1260. The fraction of sp³-hybridized carbons (Fsp3) is 0.280. The smallest absolute Gasteiger partial charge is 0.267 e. The van der Waals surface area contributed by atoms with Crippen LogP contribution in [0.1, 0.15) is 29.9 Å². The maximum atomic E-state index is 13.8. The van der Waals surface area contributed by atoms with Crippen LogP contribution in [0.25, 0.3) is 15.9 Å². The van der Waals surface area contributed by atoms with Crippen molar-refractivity contribution in [2.75, 3.05) is 0 Å². The van der Waals surface area contributed by atoms with E-state index in [0.29, 0.717) is 12.5 Å². The van der Waals surface area contributed by atoms with Crippen LogP contribution in [0.15, 0.2) is 70.6 Å².